The van der Waals surface area contributed by atoms with Gasteiger partial charge in [0.25, 0.3) is 11.8 Å². The Labute approximate surface area is 139 Å². The van der Waals surface area contributed by atoms with Crippen LogP contribution in [0.5, 0.6) is 0 Å². The summed E-state index contributed by atoms with van der Waals surface area (Å²) in [5.41, 5.74) is 3.36. The molecule has 0 saturated heterocycles. The van der Waals surface area contributed by atoms with E-state index in [-0.39, 0.29) is 24.2 Å². The van der Waals surface area contributed by atoms with Gasteiger partial charge in [-0.25, -0.2) is 0 Å². The monoisotopic (exact) mass is 335 g/mol. The first kappa shape index (κ1) is 17.0. The average Bonchev–Trinajstić information content (AvgIpc) is 2.98. The van der Waals surface area contributed by atoms with Crippen LogP contribution in [0, 0.1) is 0 Å². The Hall–Kier alpha value is -2.38. The van der Waals surface area contributed by atoms with Crippen LogP contribution in [0.4, 0.5) is 5.69 Å². The zero-order valence-electron chi connectivity index (χ0n) is 12.6. The van der Waals surface area contributed by atoms with Crippen LogP contribution in [0.3, 0.4) is 0 Å². The quantitative estimate of drug-likeness (QED) is 0.674. The van der Waals surface area contributed by atoms with Crippen molar-refractivity contribution in [2.45, 2.75) is 13.0 Å². The van der Waals surface area contributed by atoms with Gasteiger partial charge >= 0.3 is 0 Å². The number of carbonyl (C=O) groups excluding carboxylic acids is 2. The number of rotatable bonds is 3. The van der Waals surface area contributed by atoms with Crippen molar-refractivity contribution in [3.63, 3.8) is 0 Å². The molecule has 3 rings (SSSR count). The molecule has 122 valence electrons. The zero-order chi connectivity index (χ0) is 15.5. The summed E-state index contributed by atoms with van der Waals surface area (Å²) < 4.78 is 0. The van der Waals surface area contributed by atoms with Crippen molar-refractivity contribution in [3.05, 3.63) is 46.8 Å². The van der Waals surface area contributed by atoms with Crippen LogP contribution >= 0.6 is 12.4 Å². The lowest BCUT2D eigenvalue weighted by molar-refractivity contribution is 0.0961. The molecule has 1 aliphatic heterocycles. The summed E-state index contributed by atoms with van der Waals surface area (Å²) in [5, 5.41) is 15.6. The lowest BCUT2D eigenvalue weighted by Crippen LogP contribution is -2.25. The Kier molecular flexibility index (Phi) is 5.36. The highest BCUT2D eigenvalue weighted by molar-refractivity contribution is 6.05. The molecule has 2 amide bonds. The summed E-state index contributed by atoms with van der Waals surface area (Å²) in [5.74, 6) is -0.479. The van der Waals surface area contributed by atoms with Crippen LogP contribution in [0.1, 0.15) is 32.1 Å². The first-order chi connectivity index (χ1) is 10.7. The molecule has 7 nitrogen and oxygen atoms in total. The minimum atomic E-state index is -0.282. The number of fused-ring (bicyclic) bond motifs is 1. The highest BCUT2D eigenvalue weighted by Crippen LogP contribution is 2.17. The van der Waals surface area contributed by atoms with Gasteiger partial charge in [0.05, 0.1) is 0 Å². The maximum atomic E-state index is 12.4. The number of nitrogens with one attached hydrogen (secondary N) is 4. The summed E-state index contributed by atoms with van der Waals surface area (Å²) in [6.07, 6.45) is 0.835. The summed E-state index contributed by atoms with van der Waals surface area (Å²) in [6, 6.07) is 6.78. The van der Waals surface area contributed by atoms with Crippen LogP contribution in [0.25, 0.3) is 0 Å². The third kappa shape index (κ3) is 3.52. The fourth-order valence-electron chi connectivity index (χ4n) is 2.49. The summed E-state index contributed by atoms with van der Waals surface area (Å²) in [6.45, 7) is 1.51. The van der Waals surface area contributed by atoms with Crippen LogP contribution < -0.4 is 16.0 Å². The fraction of sp³-hybridized carbons (Fsp3) is 0.267. The Morgan fingerprint density at radius 1 is 1.26 bits per heavy atom. The molecular weight excluding hydrogens is 318 g/mol. The van der Waals surface area contributed by atoms with E-state index in [9.17, 15) is 9.59 Å². The maximum Gasteiger partial charge on any atom is 0.276 e. The second-order valence-corrected chi connectivity index (χ2v) is 5.07. The van der Waals surface area contributed by atoms with Crippen molar-refractivity contribution in [2.75, 3.05) is 18.9 Å². The number of carbonyl (C=O) groups is 2. The van der Waals surface area contributed by atoms with Crippen molar-refractivity contribution in [3.8, 4) is 0 Å². The maximum absolute atomic E-state index is 12.4. The first-order valence-electron chi connectivity index (χ1n) is 7.09. The van der Waals surface area contributed by atoms with E-state index >= 15 is 0 Å². The molecule has 0 saturated carbocycles. The third-order valence-corrected chi connectivity index (χ3v) is 3.63. The van der Waals surface area contributed by atoms with E-state index in [2.05, 4.69) is 26.1 Å². The van der Waals surface area contributed by atoms with Gasteiger partial charge in [-0.1, -0.05) is 6.07 Å². The molecule has 1 aromatic carbocycles. The number of hydrogen-bond donors (Lipinski definition) is 4. The number of amides is 2. The second-order valence-electron chi connectivity index (χ2n) is 5.07. The Balaban J connectivity index is 0.00000192. The fourth-order valence-corrected chi connectivity index (χ4v) is 2.49. The molecule has 2 aromatic rings. The normalized spacial score (nSPS) is 12.7. The molecule has 4 N–H and O–H groups in total. The molecule has 1 aliphatic rings. The van der Waals surface area contributed by atoms with E-state index < -0.39 is 0 Å². The van der Waals surface area contributed by atoms with Gasteiger partial charge in [0, 0.05) is 49.1 Å². The zero-order valence-corrected chi connectivity index (χ0v) is 13.4. The minimum absolute atomic E-state index is 0. The van der Waals surface area contributed by atoms with Crippen LogP contribution in [-0.4, -0.2) is 35.6 Å². The standard InChI is InChI=1S/C15H17N5O2.ClH/c1-16-14(21)9-3-2-4-10(7-9)18-15(22)13-11-8-17-6-5-12(11)19-20-13;/h2-4,7,17H,5-6,8H2,1H3,(H,16,21)(H,18,22)(H,19,20);1H. The molecular formula is C15H18ClN5O2. The molecule has 0 atom stereocenters. The highest BCUT2D eigenvalue weighted by Gasteiger charge is 2.21. The molecule has 0 aliphatic carbocycles. The number of H-pyrrole nitrogens is 1. The molecule has 0 bridgehead atoms. The SMILES string of the molecule is CNC(=O)c1cccc(NC(=O)c2n[nH]c3c2CNCC3)c1.Cl. The molecule has 23 heavy (non-hydrogen) atoms. The van der Waals surface area contributed by atoms with Crippen molar-refractivity contribution >= 4 is 29.9 Å². The van der Waals surface area contributed by atoms with Gasteiger partial charge in [0.2, 0.25) is 0 Å². The van der Waals surface area contributed by atoms with E-state index in [0.29, 0.717) is 23.5 Å². The van der Waals surface area contributed by atoms with Crippen molar-refractivity contribution < 1.29 is 9.59 Å². The van der Waals surface area contributed by atoms with Crippen molar-refractivity contribution in [1.29, 1.82) is 0 Å². The summed E-state index contributed by atoms with van der Waals surface area (Å²) in [7, 11) is 1.57. The van der Waals surface area contributed by atoms with E-state index in [1.807, 2.05) is 0 Å². The molecule has 1 aromatic heterocycles. The van der Waals surface area contributed by atoms with Crippen molar-refractivity contribution in [1.82, 2.24) is 20.8 Å². The van der Waals surface area contributed by atoms with Gasteiger partial charge in [-0.3, -0.25) is 14.7 Å². The van der Waals surface area contributed by atoms with E-state index in [0.717, 1.165) is 24.2 Å². The number of hydrogen-bond acceptors (Lipinski definition) is 4. The molecule has 8 heteroatoms. The largest absolute Gasteiger partial charge is 0.355 e. The lowest BCUT2D eigenvalue weighted by Gasteiger charge is -2.13. The highest BCUT2D eigenvalue weighted by atomic mass is 35.5. The lowest BCUT2D eigenvalue weighted by atomic mass is 10.1. The number of benzene rings is 1. The van der Waals surface area contributed by atoms with Gasteiger partial charge in [0.15, 0.2) is 5.69 Å². The van der Waals surface area contributed by atoms with E-state index in [1.165, 1.54) is 0 Å². The number of aromatic amines is 1. The Bertz CT molecular complexity index is 728. The average molecular weight is 336 g/mol. The number of nitrogens with zero attached hydrogens (tertiary/aromatic N) is 1. The van der Waals surface area contributed by atoms with E-state index in [1.54, 1.807) is 31.3 Å². The Morgan fingerprint density at radius 2 is 2.09 bits per heavy atom. The smallest absolute Gasteiger partial charge is 0.276 e. The van der Waals surface area contributed by atoms with Gasteiger partial charge in [0.1, 0.15) is 0 Å². The van der Waals surface area contributed by atoms with Gasteiger partial charge in [-0.2, -0.15) is 5.10 Å². The van der Waals surface area contributed by atoms with Crippen LogP contribution in [0.15, 0.2) is 24.3 Å². The number of anilines is 1. The predicted octanol–water partition coefficient (Wildman–Crippen LogP) is 1.09. The predicted molar refractivity (Wildman–Crippen MR) is 89.0 cm³/mol. The molecule has 0 radical (unpaired) electrons. The van der Waals surface area contributed by atoms with Crippen LogP contribution in [-0.2, 0) is 13.0 Å². The van der Waals surface area contributed by atoms with Gasteiger partial charge in [-0.15, -0.1) is 12.4 Å². The molecule has 0 fully saturated rings. The molecule has 0 unspecified atom stereocenters. The van der Waals surface area contributed by atoms with E-state index in [4.69, 9.17) is 0 Å². The second kappa shape index (κ2) is 7.26. The number of aromatic nitrogens is 2. The third-order valence-electron chi connectivity index (χ3n) is 3.63. The summed E-state index contributed by atoms with van der Waals surface area (Å²) in [4.78, 5) is 24.0. The van der Waals surface area contributed by atoms with Crippen molar-refractivity contribution in [2.24, 2.45) is 0 Å². The van der Waals surface area contributed by atoms with Gasteiger partial charge < -0.3 is 16.0 Å². The summed E-state index contributed by atoms with van der Waals surface area (Å²) >= 11 is 0. The molecule has 0 spiro atoms. The number of halogens is 1. The Morgan fingerprint density at radius 3 is 2.87 bits per heavy atom. The van der Waals surface area contributed by atoms with Crippen LogP contribution in [0.2, 0.25) is 0 Å². The van der Waals surface area contributed by atoms with Gasteiger partial charge in [-0.05, 0) is 18.2 Å². The molecule has 2 heterocycles. The minimum Gasteiger partial charge on any atom is -0.355 e. The first-order valence-corrected chi connectivity index (χ1v) is 7.09. The topological polar surface area (TPSA) is 98.9 Å².